The number of hydrogen-bond donors (Lipinski definition) is 0. The molecule has 0 heterocycles. The lowest BCUT2D eigenvalue weighted by Gasteiger charge is -2.07. The van der Waals surface area contributed by atoms with E-state index < -0.39 is 0 Å². The SMILES string of the molecule is C=C(CC)C1(C)CC1. The van der Waals surface area contributed by atoms with Gasteiger partial charge in [-0.1, -0.05) is 26.0 Å². The Morgan fingerprint density at radius 2 is 2.12 bits per heavy atom. The van der Waals surface area contributed by atoms with Gasteiger partial charge in [0.25, 0.3) is 0 Å². The van der Waals surface area contributed by atoms with Crippen molar-refractivity contribution < 1.29 is 0 Å². The molecular formula is C8H14. The Hall–Kier alpha value is -0.260. The maximum atomic E-state index is 4.01. The van der Waals surface area contributed by atoms with E-state index in [1.165, 1.54) is 18.4 Å². The minimum atomic E-state index is 0.564. The molecule has 0 aromatic carbocycles. The highest BCUT2D eigenvalue weighted by atomic mass is 14.4. The highest BCUT2D eigenvalue weighted by Gasteiger charge is 2.38. The molecule has 1 saturated carbocycles. The summed E-state index contributed by atoms with van der Waals surface area (Å²) in [6.07, 6.45) is 3.91. The summed E-state index contributed by atoms with van der Waals surface area (Å²) in [5.74, 6) is 0. The van der Waals surface area contributed by atoms with Crippen LogP contribution in [0.2, 0.25) is 0 Å². The van der Waals surface area contributed by atoms with Crippen LogP contribution >= 0.6 is 0 Å². The first-order valence-corrected chi connectivity index (χ1v) is 3.37. The van der Waals surface area contributed by atoms with E-state index >= 15 is 0 Å². The number of hydrogen-bond acceptors (Lipinski definition) is 0. The first kappa shape index (κ1) is 5.87. The van der Waals surface area contributed by atoms with Crippen LogP contribution in [-0.4, -0.2) is 0 Å². The largest absolute Gasteiger partial charge is 0.0993 e. The van der Waals surface area contributed by atoms with Crippen LogP contribution in [0.25, 0.3) is 0 Å². The van der Waals surface area contributed by atoms with E-state index in [1.54, 1.807) is 0 Å². The average Bonchev–Trinajstić information content (AvgIpc) is 2.47. The quantitative estimate of drug-likeness (QED) is 0.479. The lowest BCUT2D eigenvalue weighted by atomic mass is 9.98. The molecule has 1 rings (SSSR count). The Morgan fingerprint density at radius 1 is 1.62 bits per heavy atom. The van der Waals surface area contributed by atoms with E-state index in [0.29, 0.717) is 5.41 Å². The molecule has 0 radical (unpaired) electrons. The zero-order chi connectivity index (χ0) is 6.20. The molecule has 0 N–H and O–H groups in total. The van der Waals surface area contributed by atoms with Crippen LogP contribution in [0.1, 0.15) is 33.1 Å². The van der Waals surface area contributed by atoms with Gasteiger partial charge in [0.15, 0.2) is 0 Å². The fourth-order valence-electron chi connectivity index (χ4n) is 0.968. The molecule has 1 aliphatic rings. The molecule has 0 heteroatoms. The molecule has 1 aliphatic carbocycles. The predicted octanol–water partition coefficient (Wildman–Crippen LogP) is 2.75. The zero-order valence-electron chi connectivity index (χ0n) is 5.83. The van der Waals surface area contributed by atoms with Crippen molar-refractivity contribution in [3.63, 3.8) is 0 Å². The normalized spacial score (nSPS) is 22.8. The first-order chi connectivity index (χ1) is 3.69. The maximum absolute atomic E-state index is 4.01. The molecule has 0 unspecified atom stereocenters. The van der Waals surface area contributed by atoms with E-state index in [1.807, 2.05) is 0 Å². The van der Waals surface area contributed by atoms with Gasteiger partial charge in [0, 0.05) is 0 Å². The van der Waals surface area contributed by atoms with Crippen molar-refractivity contribution in [2.45, 2.75) is 33.1 Å². The van der Waals surface area contributed by atoms with E-state index in [4.69, 9.17) is 0 Å². The van der Waals surface area contributed by atoms with Gasteiger partial charge in [-0.25, -0.2) is 0 Å². The molecule has 1 fully saturated rings. The third-order valence-electron chi connectivity index (χ3n) is 2.28. The second-order valence-electron chi connectivity index (χ2n) is 3.02. The van der Waals surface area contributed by atoms with Crippen LogP contribution < -0.4 is 0 Å². The monoisotopic (exact) mass is 110 g/mol. The van der Waals surface area contributed by atoms with Gasteiger partial charge in [-0.05, 0) is 24.7 Å². The van der Waals surface area contributed by atoms with Crippen molar-refractivity contribution in [2.75, 3.05) is 0 Å². The van der Waals surface area contributed by atoms with Crippen molar-refractivity contribution in [3.05, 3.63) is 12.2 Å². The molecular weight excluding hydrogens is 96.1 g/mol. The molecule has 0 aromatic heterocycles. The average molecular weight is 110 g/mol. The molecule has 0 nitrogen and oxygen atoms in total. The van der Waals surface area contributed by atoms with Crippen LogP contribution in [0, 0.1) is 5.41 Å². The van der Waals surface area contributed by atoms with Crippen LogP contribution in [-0.2, 0) is 0 Å². The Kier molecular flexibility index (Phi) is 1.18. The van der Waals surface area contributed by atoms with Gasteiger partial charge in [-0.3, -0.25) is 0 Å². The Morgan fingerprint density at radius 3 is 2.25 bits per heavy atom. The summed E-state index contributed by atoms with van der Waals surface area (Å²) in [4.78, 5) is 0. The van der Waals surface area contributed by atoms with E-state index in [-0.39, 0.29) is 0 Å². The van der Waals surface area contributed by atoms with E-state index in [9.17, 15) is 0 Å². The van der Waals surface area contributed by atoms with Gasteiger partial charge >= 0.3 is 0 Å². The standard InChI is InChI=1S/C8H14/c1-4-7(2)8(3)5-6-8/h2,4-6H2,1,3H3. The van der Waals surface area contributed by atoms with Crippen LogP contribution in [0.3, 0.4) is 0 Å². The number of rotatable bonds is 2. The highest BCUT2D eigenvalue weighted by Crippen LogP contribution is 2.51. The third-order valence-corrected chi connectivity index (χ3v) is 2.28. The second-order valence-corrected chi connectivity index (χ2v) is 3.02. The van der Waals surface area contributed by atoms with Gasteiger partial charge in [-0.15, -0.1) is 0 Å². The Bertz CT molecular complexity index is 107. The molecule has 0 spiro atoms. The fraction of sp³-hybridized carbons (Fsp3) is 0.750. The molecule has 0 saturated heterocycles. The first-order valence-electron chi connectivity index (χ1n) is 3.37. The minimum absolute atomic E-state index is 0.564. The third kappa shape index (κ3) is 0.795. The molecule has 0 atom stereocenters. The van der Waals surface area contributed by atoms with Gasteiger partial charge in [0.1, 0.15) is 0 Å². The van der Waals surface area contributed by atoms with Crippen molar-refractivity contribution in [1.82, 2.24) is 0 Å². The van der Waals surface area contributed by atoms with Crippen molar-refractivity contribution >= 4 is 0 Å². The lowest BCUT2D eigenvalue weighted by Crippen LogP contribution is -1.94. The van der Waals surface area contributed by atoms with Crippen LogP contribution in [0.5, 0.6) is 0 Å². The second kappa shape index (κ2) is 1.61. The fourth-order valence-corrected chi connectivity index (χ4v) is 0.968. The van der Waals surface area contributed by atoms with Gasteiger partial charge < -0.3 is 0 Å². The molecule has 0 bridgehead atoms. The summed E-state index contributed by atoms with van der Waals surface area (Å²) in [6.45, 7) is 8.50. The highest BCUT2D eigenvalue weighted by molar-refractivity contribution is 5.15. The summed E-state index contributed by atoms with van der Waals surface area (Å²) < 4.78 is 0. The smallest absolute Gasteiger partial charge is 0.0119 e. The predicted molar refractivity (Wildman–Crippen MR) is 36.8 cm³/mol. The zero-order valence-corrected chi connectivity index (χ0v) is 5.83. The number of allylic oxidation sites excluding steroid dienone is 1. The van der Waals surface area contributed by atoms with Crippen LogP contribution in [0.15, 0.2) is 12.2 Å². The molecule has 0 aromatic rings. The van der Waals surface area contributed by atoms with Crippen molar-refractivity contribution in [1.29, 1.82) is 0 Å². The topological polar surface area (TPSA) is 0 Å². The van der Waals surface area contributed by atoms with Crippen molar-refractivity contribution in [3.8, 4) is 0 Å². The molecule has 8 heavy (non-hydrogen) atoms. The summed E-state index contributed by atoms with van der Waals surface area (Å²) in [6, 6.07) is 0. The summed E-state index contributed by atoms with van der Waals surface area (Å²) >= 11 is 0. The maximum Gasteiger partial charge on any atom is -0.0119 e. The van der Waals surface area contributed by atoms with Gasteiger partial charge in [0.05, 0.1) is 0 Å². The van der Waals surface area contributed by atoms with E-state index in [2.05, 4.69) is 20.4 Å². The lowest BCUT2D eigenvalue weighted by molar-refractivity contribution is 0.663. The van der Waals surface area contributed by atoms with Crippen molar-refractivity contribution in [2.24, 2.45) is 5.41 Å². The summed E-state index contributed by atoms with van der Waals surface area (Å²) in [5, 5.41) is 0. The Labute approximate surface area is 51.6 Å². The van der Waals surface area contributed by atoms with E-state index in [0.717, 1.165) is 6.42 Å². The van der Waals surface area contributed by atoms with Crippen LogP contribution in [0.4, 0.5) is 0 Å². The van der Waals surface area contributed by atoms with Gasteiger partial charge in [0.2, 0.25) is 0 Å². The summed E-state index contributed by atoms with van der Waals surface area (Å²) in [5.41, 5.74) is 2.01. The Balaban J connectivity index is 2.46. The molecule has 0 amide bonds. The molecule has 0 aliphatic heterocycles. The van der Waals surface area contributed by atoms with Gasteiger partial charge in [-0.2, -0.15) is 0 Å². The minimum Gasteiger partial charge on any atom is -0.0993 e. The summed E-state index contributed by atoms with van der Waals surface area (Å²) in [7, 11) is 0. The molecule has 46 valence electrons.